The topological polar surface area (TPSA) is 73.0 Å². The van der Waals surface area contributed by atoms with Crippen molar-refractivity contribution in [2.24, 2.45) is 0 Å². The summed E-state index contributed by atoms with van der Waals surface area (Å²) in [6.45, 7) is 3.81. The first-order chi connectivity index (χ1) is 13.6. The maximum atomic E-state index is 13.0. The highest BCUT2D eigenvalue weighted by molar-refractivity contribution is 5.77. The van der Waals surface area contributed by atoms with Crippen LogP contribution in [0.5, 0.6) is 0 Å². The molecule has 0 bridgehead atoms. The quantitative estimate of drug-likeness (QED) is 0.699. The Hall–Kier alpha value is -2.96. The second kappa shape index (κ2) is 7.96. The van der Waals surface area contributed by atoms with Crippen molar-refractivity contribution in [3.63, 3.8) is 0 Å². The maximum absolute atomic E-state index is 13.0. The summed E-state index contributed by atoms with van der Waals surface area (Å²) in [6, 6.07) is 9.63. The van der Waals surface area contributed by atoms with E-state index in [1.165, 1.54) is 12.8 Å². The molecule has 0 aliphatic carbocycles. The Morgan fingerprint density at radius 3 is 2.50 bits per heavy atom. The third kappa shape index (κ3) is 3.56. The van der Waals surface area contributed by atoms with E-state index in [-0.39, 0.29) is 11.5 Å². The average Bonchev–Trinajstić information content (AvgIpc) is 2.94. The van der Waals surface area contributed by atoms with E-state index in [0.717, 1.165) is 31.6 Å². The van der Waals surface area contributed by atoms with Crippen LogP contribution in [0.2, 0.25) is 0 Å². The summed E-state index contributed by atoms with van der Waals surface area (Å²) in [5, 5.41) is 4.82. The number of likely N-dealkylation sites (tertiary alicyclic amines) is 1. The molecule has 1 aromatic carbocycles. The van der Waals surface area contributed by atoms with E-state index in [4.69, 9.17) is 0 Å². The Kier molecular flexibility index (Phi) is 5.23. The molecular formula is C21H25N5O2. The lowest BCUT2D eigenvalue weighted by Gasteiger charge is -2.20. The van der Waals surface area contributed by atoms with E-state index < -0.39 is 0 Å². The standard InChI is InChI=1S/C21H25N5O2/c1-16-23-20-18(15-22-26(20)17-9-5-4-6-10-17)21(28)25(16)14-11-19(27)24-12-7-2-3-8-13-24/h4-6,9-10,15H,2-3,7-8,11-14H2,1H3. The molecule has 0 saturated carbocycles. The molecular weight excluding hydrogens is 354 g/mol. The predicted molar refractivity (Wildman–Crippen MR) is 108 cm³/mol. The van der Waals surface area contributed by atoms with E-state index in [2.05, 4.69) is 10.1 Å². The predicted octanol–water partition coefficient (Wildman–Crippen LogP) is 2.68. The molecule has 0 radical (unpaired) electrons. The van der Waals surface area contributed by atoms with Gasteiger partial charge in [-0.3, -0.25) is 14.2 Å². The molecule has 0 spiro atoms. The number of hydrogen-bond donors (Lipinski definition) is 0. The van der Waals surface area contributed by atoms with Gasteiger partial charge >= 0.3 is 0 Å². The normalized spacial score (nSPS) is 15.0. The van der Waals surface area contributed by atoms with Crippen LogP contribution in [0.1, 0.15) is 37.9 Å². The molecule has 3 heterocycles. The largest absolute Gasteiger partial charge is 0.343 e. The number of para-hydroxylation sites is 1. The number of carbonyl (C=O) groups excluding carboxylic acids is 1. The highest BCUT2D eigenvalue weighted by Gasteiger charge is 2.18. The van der Waals surface area contributed by atoms with Crippen LogP contribution in [-0.4, -0.2) is 43.2 Å². The second-order valence-corrected chi connectivity index (χ2v) is 7.29. The molecule has 1 amide bonds. The molecule has 0 N–H and O–H groups in total. The van der Waals surface area contributed by atoms with Crippen LogP contribution in [0.4, 0.5) is 0 Å². The van der Waals surface area contributed by atoms with Crippen LogP contribution in [0, 0.1) is 6.92 Å². The van der Waals surface area contributed by atoms with Gasteiger partial charge in [-0.15, -0.1) is 0 Å². The number of aromatic nitrogens is 4. The first kappa shape index (κ1) is 18.4. The van der Waals surface area contributed by atoms with Crippen LogP contribution < -0.4 is 5.56 Å². The minimum absolute atomic E-state index is 0.119. The molecule has 0 unspecified atom stereocenters. The molecule has 28 heavy (non-hydrogen) atoms. The zero-order chi connectivity index (χ0) is 19.5. The fourth-order valence-electron chi connectivity index (χ4n) is 3.81. The number of amides is 1. The SMILES string of the molecule is Cc1nc2c(cnn2-c2ccccc2)c(=O)n1CCC(=O)N1CCCCCC1. The van der Waals surface area contributed by atoms with Crippen molar-refractivity contribution in [3.8, 4) is 5.69 Å². The number of benzene rings is 1. The average molecular weight is 379 g/mol. The smallest absolute Gasteiger partial charge is 0.264 e. The van der Waals surface area contributed by atoms with E-state index in [1.54, 1.807) is 22.4 Å². The summed E-state index contributed by atoms with van der Waals surface area (Å²) < 4.78 is 3.27. The maximum Gasteiger partial charge on any atom is 0.264 e. The highest BCUT2D eigenvalue weighted by atomic mass is 16.2. The third-order valence-corrected chi connectivity index (χ3v) is 5.39. The number of hydrogen-bond acceptors (Lipinski definition) is 4. The lowest BCUT2D eigenvalue weighted by Crippen LogP contribution is -2.34. The first-order valence-corrected chi connectivity index (χ1v) is 9.93. The molecule has 2 aromatic heterocycles. The summed E-state index contributed by atoms with van der Waals surface area (Å²) in [5.41, 5.74) is 1.26. The molecule has 3 aromatic rings. The highest BCUT2D eigenvalue weighted by Crippen LogP contribution is 2.15. The van der Waals surface area contributed by atoms with Gasteiger partial charge in [0.1, 0.15) is 11.2 Å². The van der Waals surface area contributed by atoms with Crippen molar-refractivity contribution >= 4 is 16.9 Å². The fraction of sp³-hybridized carbons (Fsp3) is 0.429. The summed E-state index contributed by atoms with van der Waals surface area (Å²) in [6.07, 6.45) is 6.39. The summed E-state index contributed by atoms with van der Waals surface area (Å²) in [5.74, 6) is 0.715. The number of carbonyl (C=O) groups is 1. The number of rotatable bonds is 4. The molecule has 7 heteroatoms. The summed E-state index contributed by atoms with van der Waals surface area (Å²) in [4.78, 5) is 32.1. The van der Waals surface area contributed by atoms with Crippen LogP contribution in [0.3, 0.4) is 0 Å². The van der Waals surface area contributed by atoms with Crippen molar-refractivity contribution in [1.29, 1.82) is 0 Å². The van der Waals surface area contributed by atoms with Crippen LogP contribution >= 0.6 is 0 Å². The molecule has 4 rings (SSSR count). The molecule has 1 fully saturated rings. The van der Waals surface area contributed by atoms with E-state index in [1.807, 2.05) is 35.2 Å². The van der Waals surface area contributed by atoms with E-state index in [9.17, 15) is 9.59 Å². The van der Waals surface area contributed by atoms with Gasteiger partial charge in [-0.2, -0.15) is 5.10 Å². The van der Waals surface area contributed by atoms with Crippen molar-refractivity contribution in [2.75, 3.05) is 13.1 Å². The molecule has 0 atom stereocenters. The van der Waals surface area contributed by atoms with Crippen molar-refractivity contribution in [2.45, 2.75) is 45.6 Å². The van der Waals surface area contributed by atoms with Gasteiger partial charge < -0.3 is 4.90 Å². The van der Waals surface area contributed by atoms with Crippen molar-refractivity contribution in [1.82, 2.24) is 24.2 Å². The second-order valence-electron chi connectivity index (χ2n) is 7.29. The Morgan fingerprint density at radius 1 is 1.07 bits per heavy atom. The van der Waals surface area contributed by atoms with Gasteiger partial charge in [-0.05, 0) is 31.9 Å². The van der Waals surface area contributed by atoms with Gasteiger partial charge in [0, 0.05) is 26.1 Å². The van der Waals surface area contributed by atoms with Gasteiger partial charge in [0.25, 0.3) is 5.56 Å². The molecule has 1 aliphatic heterocycles. The van der Waals surface area contributed by atoms with Crippen LogP contribution in [0.25, 0.3) is 16.7 Å². The summed E-state index contributed by atoms with van der Waals surface area (Å²) >= 11 is 0. The minimum atomic E-state index is -0.145. The molecule has 146 valence electrons. The molecule has 1 saturated heterocycles. The third-order valence-electron chi connectivity index (χ3n) is 5.39. The zero-order valence-corrected chi connectivity index (χ0v) is 16.2. The van der Waals surface area contributed by atoms with E-state index >= 15 is 0 Å². The number of nitrogens with zero attached hydrogens (tertiary/aromatic N) is 5. The molecule has 1 aliphatic rings. The Morgan fingerprint density at radius 2 is 1.79 bits per heavy atom. The monoisotopic (exact) mass is 379 g/mol. The first-order valence-electron chi connectivity index (χ1n) is 9.93. The lowest BCUT2D eigenvalue weighted by molar-refractivity contribution is -0.131. The van der Waals surface area contributed by atoms with Crippen LogP contribution in [-0.2, 0) is 11.3 Å². The molecule has 7 nitrogen and oxygen atoms in total. The Balaban J connectivity index is 1.58. The number of fused-ring (bicyclic) bond motifs is 1. The number of aryl methyl sites for hydroxylation is 1. The van der Waals surface area contributed by atoms with Crippen LogP contribution in [0.15, 0.2) is 41.3 Å². The van der Waals surface area contributed by atoms with E-state index in [0.29, 0.717) is 29.8 Å². The minimum Gasteiger partial charge on any atom is -0.343 e. The van der Waals surface area contributed by atoms with Crippen molar-refractivity contribution in [3.05, 3.63) is 52.7 Å². The fourth-order valence-corrected chi connectivity index (χ4v) is 3.81. The Bertz CT molecular complexity index is 1030. The summed E-state index contributed by atoms with van der Waals surface area (Å²) in [7, 11) is 0. The Labute approximate surface area is 163 Å². The van der Waals surface area contributed by atoms with Gasteiger partial charge in [0.2, 0.25) is 5.91 Å². The van der Waals surface area contributed by atoms with Gasteiger partial charge in [-0.1, -0.05) is 31.0 Å². The van der Waals surface area contributed by atoms with Gasteiger partial charge in [0.05, 0.1) is 11.9 Å². The van der Waals surface area contributed by atoms with Crippen molar-refractivity contribution < 1.29 is 4.79 Å². The lowest BCUT2D eigenvalue weighted by atomic mass is 10.2. The van der Waals surface area contributed by atoms with Gasteiger partial charge in [0.15, 0.2) is 5.65 Å². The zero-order valence-electron chi connectivity index (χ0n) is 16.2. The van der Waals surface area contributed by atoms with Gasteiger partial charge in [-0.25, -0.2) is 9.67 Å².